The van der Waals surface area contributed by atoms with Gasteiger partial charge in [-0.3, -0.25) is 9.59 Å². The van der Waals surface area contributed by atoms with Crippen molar-refractivity contribution < 1.29 is 23.5 Å². The Kier molecular flexibility index (Phi) is 4.58. The van der Waals surface area contributed by atoms with Crippen molar-refractivity contribution in [3.63, 3.8) is 0 Å². The van der Waals surface area contributed by atoms with E-state index in [0.717, 1.165) is 0 Å². The van der Waals surface area contributed by atoms with Crippen molar-refractivity contribution in [3.05, 3.63) is 35.6 Å². The van der Waals surface area contributed by atoms with Gasteiger partial charge in [-0.05, 0) is 17.7 Å². The van der Waals surface area contributed by atoms with Gasteiger partial charge in [-0.25, -0.2) is 4.39 Å². The third-order valence-corrected chi connectivity index (χ3v) is 4.26. The van der Waals surface area contributed by atoms with Crippen LogP contribution in [0.3, 0.4) is 0 Å². The quantitative estimate of drug-likeness (QED) is 0.799. The van der Waals surface area contributed by atoms with E-state index in [1.165, 1.54) is 17.0 Å². The van der Waals surface area contributed by atoms with Gasteiger partial charge in [-0.15, -0.1) is 0 Å². The van der Waals surface area contributed by atoms with Crippen LogP contribution in [0.25, 0.3) is 0 Å². The lowest BCUT2D eigenvalue weighted by molar-refractivity contribution is -0.169. The fourth-order valence-electron chi connectivity index (χ4n) is 2.94. The number of rotatable bonds is 2. The highest BCUT2D eigenvalue weighted by atomic mass is 19.1. The highest BCUT2D eigenvalue weighted by Crippen LogP contribution is 2.30. The molecule has 23 heavy (non-hydrogen) atoms. The summed E-state index contributed by atoms with van der Waals surface area (Å²) in [6, 6.07) is 5.24. The molecule has 0 N–H and O–H groups in total. The van der Waals surface area contributed by atoms with Gasteiger partial charge in [0.25, 0.3) is 5.91 Å². The van der Waals surface area contributed by atoms with E-state index in [1.54, 1.807) is 24.1 Å². The van der Waals surface area contributed by atoms with Gasteiger partial charge in [0.05, 0.1) is 19.3 Å². The molecule has 124 valence electrons. The molecule has 2 saturated heterocycles. The summed E-state index contributed by atoms with van der Waals surface area (Å²) < 4.78 is 24.0. The molecule has 2 atom stereocenters. The van der Waals surface area contributed by atoms with Gasteiger partial charge in [0.2, 0.25) is 5.91 Å². The maximum absolute atomic E-state index is 13.2. The molecule has 0 spiro atoms. The lowest BCUT2D eigenvalue weighted by Gasteiger charge is -2.40. The molecular weight excluding hydrogens is 303 g/mol. The molecule has 2 unspecified atom stereocenters. The largest absolute Gasteiger partial charge is 0.378 e. The van der Waals surface area contributed by atoms with Crippen molar-refractivity contribution in [2.24, 2.45) is 0 Å². The van der Waals surface area contributed by atoms with Crippen LogP contribution in [0.1, 0.15) is 11.6 Å². The molecule has 2 aliphatic heterocycles. The van der Waals surface area contributed by atoms with Gasteiger partial charge in [0, 0.05) is 20.1 Å². The summed E-state index contributed by atoms with van der Waals surface area (Å²) in [5.41, 5.74) is 0.675. The highest BCUT2D eigenvalue weighted by Gasteiger charge is 2.42. The van der Waals surface area contributed by atoms with Crippen molar-refractivity contribution in [2.45, 2.75) is 12.1 Å². The van der Waals surface area contributed by atoms with Crippen molar-refractivity contribution in [1.82, 2.24) is 9.80 Å². The SMILES string of the molecule is CN1C(=O)COC(C(=O)N2CCOCC2)C1c1ccc(F)cc1. The van der Waals surface area contributed by atoms with Crippen LogP contribution in [0.4, 0.5) is 4.39 Å². The van der Waals surface area contributed by atoms with E-state index < -0.39 is 12.1 Å². The fraction of sp³-hybridized carbons (Fsp3) is 0.500. The molecule has 1 aromatic rings. The number of carbonyl (C=O) groups is 2. The Morgan fingerprint density at radius 1 is 1.22 bits per heavy atom. The Morgan fingerprint density at radius 2 is 1.87 bits per heavy atom. The molecule has 3 rings (SSSR count). The number of carbonyl (C=O) groups excluding carboxylic acids is 2. The van der Waals surface area contributed by atoms with Crippen LogP contribution in [0.5, 0.6) is 0 Å². The molecule has 6 nitrogen and oxygen atoms in total. The normalized spacial score (nSPS) is 25.6. The summed E-state index contributed by atoms with van der Waals surface area (Å²) in [6.07, 6.45) is -0.790. The number of nitrogens with zero attached hydrogens (tertiary/aromatic N) is 2. The molecule has 2 amide bonds. The Balaban J connectivity index is 1.87. The average molecular weight is 322 g/mol. The molecule has 7 heteroatoms. The maximum atomic E-state index is 13.2. The summed E-state index contributed by atoms with van der Waals surface area (Å²) in [7, 11) is 1.64. The Bertz CT molecular complexity index is 586. The lowest BCUT2D eigenvalue weighted by Crippen LogP contribution is -2.55. The zero-order valence-electron chi connectivity index (χ0n) is 12.9. The third-order valence-electron chi connectivity index (χ3n) is 4.26. The monoisotopic (exact) mass is 322 g/mol. The molecule has 0 aromatic heterocycles. The van der Waals surface area contributed by atoms with Gasteiger partial charge in [0.15, 0.2) is 6.10 Å². The zero-order chi connectivity index (χ0) is 16.4. The average Bonchev–Trinajstić information content (AvgIpc) is 2.58. The Labute approximate surface area is 133 Å². The Hall–Kier alpha value is -1.99. The second-order valence-corrected chi connectivity index (χ2v) is 5.67. The van der Waals surface area contributed by atoms with Crippen molar-refractivity contribution in [2.75, 3.05) is 40.0 Å². The summed E-state index contributed by atoms with van der Waals surface area (Å²) in [5, 5.41) is 0. The topological polar surface area (TPSA) is 59.1 Å². The molecule has 0 radical (unpaired) electrons. The van der Waals surface area contributed by atoms with Gasteiger partial charge in [-0.2, -0.15) is 0 Å². The first-order chi connectivity index (χ1) is 11.1. The summed E-state index contributed by atoms with van der Waals surface area (Å²) in [5.74, 6) is -0.733. The van der Waals surface area contributed by atoms with E-state index in [0.29, 0.717) is 31.9 Å². The lowest BCUT2D eigenvalue weighted by atomic mass is 9.97. The molecule has 0 aliphatic carbocycles. The Morgan fingerprint density at radius 3 is 2.52 bits per heavy atom. The number of likely N-dealkylation sites (N-methyl/N-ethyl adjacent to an activating group) is 1. The standard InChI is InChI=1S/C16H19FN2O4/c1-18-13(20)10-23-15(16(21)19-6-8-22-9-7-19)14(18)11-2-4-12(17)5-3-11/h2-5,14-15H,6-10H2,1H3. The summed E-state index contributed by atoms with van der Waals surface area (Å²) in [6.45, 7) is 1.87. The van der Waals surface area contributed by atoms with Crippen molar-refractivity contribution in [1.29, 1.82) is 0 Å². The van der Waals surface area contributed by atoms with Crippen LogP contribution in [-0.2, 0) is 19.1 Å². The maximum Gasteiger partial charge on any atom is 0.254 e. The predicted molar refractivity (Wildman–Crippen MR) is 79.1 cm³/mol. The van der Waals surface area contributed by atoms with E-state index in [2.05, 4.69) is 0 Å². The van der Waals surface area contributed by atoms with Gasteiger partial charge >= 0.3 is 0 Å². The number of ether oxygens (including phenoxy) is 2. The van der Waals surface area contributed by atoms with E-state index >= 15 is 0 Å². The van der Waals surface area contributed by atoms with Crippen molar-refractivity contribution >= 4 is 11.8 Å². The summed E-state index contributed by atoms with van der Waals surface area (Å²) in [4.78, 5) is 27.9. The first-order valence-electron chi connectivity index (χ1n) is 7.57. The first kappa shape index (κ1) is 15.9. The minimum atomic E-state index is -0.790. The number of halogens is 1. The van der Waals surface area contributed by atoms with Crippen LogP contribution in [0.15, 0.2) is 24.3 Å². The molecular formula is C16H19FN2O4. The van der Waals surface area contributed by atoms with Crippen LogP contribution in [0, 0.1) is 5.82 Å². The molecule has 2 aliphatic rings. The number of amides is 2. The first-order valence-corrected chi connectivity index (χ1v) is 7.57. The van der Waals surface area contributed by atoms with E-state index in [9.17, 15) is 14.0 Å². The van der Waals surface area contributed by atoms with Crippen LogP contribution in [0.2, 0.25) is 0 Å². The minimum absolute atomic E-state index is 0.130. The molecule has 0 bridgehead atoms. The van der Waals surface area contributed by atoms with Crippen LogP contribution in [-0.4, -0.2) is 67.7 Å². The molecule has 1 aromatic carbocycles. The third kappa shape index (κ3) is 3.20. The highest BCUT2D eigenvalue weighted by molar-refractivity contribution is 5.86. The molecule has 0 saturated carbocycles. The van der Waals surface area contributed by atoms with Crippen LogP contribution >= 0.6 is 0 Å². The van der Waals surface area contributed by atoms with Crippen molar-refractivity contribution in [3.8, 4) is 0 Å². The van der Waals surface area contributed by atoms with Crippen LogP contribution < -0.4 is 0 Å². The molecule has 2 heterocycles. The fourth-order valence-corrected chi connectivity index (χ4v) is 2.94. The minimum Gasteiger partial charge on any atom is -0.378 e. The summed E-state index contributed by atoms with van der Waals surface area (Å²) >= 11 is 0. The zero-order valence-corrected chi connectivity index (χ0v) is 12.9. The number of hydrogen-bond donors (Lipinski definition) is 0. The number of hydrogen-bond acceptors (Lipinski definition) is 4. The van der Waals surface area contributed by atoms with E-state index in [1.807, 2.05) is 0 Å². The number of morpholine rings is 2. The van der Waals surface area contributed by atoms with Gasteiger partial charge in [-0.1, -0.05) is 12.1 Å². The van der Waals surface area contributed by atoms with Gasteiger partial charge < -0.3 is 19.3 Å². The van der Waals surface area contributed by atoms with E-state index in [-0.39, 0.29) is 24.2 Å². The second-order valence-electron chi connectivity index (χ2n) is 5.67. The second kappa shape index (κ2) is 6.64. The van der Waals surface area contributed by atoms with Gasteiger partial charge in [0.1, 0.15) is 12.4 Å². The smallest absolute Gasteiger partial charge is 0.254 e. The molecule has 2 fully saturated rings. The number of benzene rings is 1. The van der Waals surface area contributed by atoms with E-state index in [4.69, 9.17) is 9.47 Å². The predicted octanol–water partition coefficient (Wildman–Crippen LogP) is 0.583.